The molecule has 140 valence electrons. The highest BCUT2D eigenvalue weighted by atomic mass is 19.4. The Hall–Kier alpha value is -3.36. The zero-order valence-electron chi connectivity index (χ0n) is 14.0. The zero-order valence-corrected chi connectivity index (χ0v) is 14.0. The van der Waals surface area contributed by atoms with Crippen molar-refractivity contribution in [3.63, 3.8) is 0 Å². The number of halogens is 3. The number of benzene rings is 2. The molecule has 6 nitrogen and oxygen atoms in total. The van der Waals surface area contributed by atoms with Crippen molar-refractivity contribution in [2.24, 2.45) is 0 Å². The summed E-state index contributed by atoms with van der Waals surface area (Å²) in [5.41, 5.74) is 1.81. The summed E-state index contributed by atoms with van der Waals surface area (Å²) in [6.07, 6.45) is -4.80. The van der Waals surface area contributed by atoms with Crippen molar-refractivity contribution >= 4 is 5.97 Å². The third-order valence-electron chi connectivity index (χ3n) is 3.50. The van der Waals surface area contributed by atoms with Crippen LogP contribution in [-0.4, -0.2) is 22.5 Å². The van der Waals surface area contributed by atoms with Crippen molar-refractivity contribution < 1.29 is 32.0 Å². The number of aryl methyl sites for hydroxylation is 1. The molecule has 0 atom stereocenters. The second kappa shape index (κ2) is 7.48. The van der Waals surface area contributed by atoms with Crippen molar-refractivity contribution in [1.82, 2.24) is 10.1 Å². The van der Waals surface area contributed by atoms with Crippen molar-refractivity contribution in [3.05, 3.63) is 65.5 Å². The topological polar surface area (TPSA) is 74.5 Å². The molecule has 0 aliphatic heterocycles. The summed E-state index contributed by atoms with van der Waals surface area (Å²) in [7, 11) is 0. The van der Waals surface area contributed by atoms with E-state index in [9.17, 15) is 18.0 Å². The van der Waals surface area contributed by atoms with Gasteiger partial charge < -0.3 is 14.0 Å². The lowest BCUT2D eigenvalue weighted by Crippen LogP contribution is -2.17. The Morgan fingerprint density at radius 2 is 1.81 bits per heavy atom. The molecule has 0 spiro atoms. The minimum absolute atomic E-state index is 0.0585. The maximum Gasteiger partial charge on any atom is 0.573 e. The van der Waals surface area contributed by atoms with Crippen LogP contribution in [0.1, 0.15) is 21.8 Å². The molecule has 0 unspecified atom stereocenters. The van der Waals surface area contributed by atoms with E-state index in [1.807, 2.05) is 31.2 Å². The van der Waals surface area contributed by atoms with Gasteiger partial charge >= 0.3 is 12.3 Å². The third-order valence-corrected chi connectivity index (χ3v) is 3.50. The van der Waals surface area contributed by atoms with Gasteiger partial charge in [-0.15, -0.1) is 13.2 Å². The first kappa shape index (κ1) is 18.4. The number of ether oxygens (including phenoxy) is 2. The number of nitrogens with zero attached hydrogens (tertiary/aromatic N) is 2. The molecular weight excluding hydrogens is 365 g/mol. The number of carbonyl (C=O) groups is 1. The number of esters is 1. The molecule has 0 radical (unpaired) electrons. The van der Waals surface area contributed by atoms with Crippen molar-refractivity contribution in [1.29, 1.82) is 0 Å². The second-order valence-electron chi connectivity index (χ2n) is 5.47. The maximum absolute atomic E-state index is 12.1. The van der Waals surface area contributed by atoms with Gasteiger partial charge in [0.25, 0.3) is 5.89 Å². The van der Waals surface area contributed by atoms with Gasteiger partial charge in [0, 0.05) is 5.56 Å². The number of hydrogen-bond acceptors (Lipinski definition) is 6. The van der Waals surface area contributed by atoms with Gasteiger partial charge in [-0.2, -0.15) is 4.98 Å². The lowest BCUT2D eigenvalue weighted by atomic mass is 10.1. The Labute approximate surface area is 151 Å². The molecular formula is C18H13F3N2O4. The van der Waals surface area contributed by atoms with E-state index < -0.39 is 18.1 Å². The van der Waals surface area contributed by atoms with Crippen LogP contribution < -0.4 is 4.74 Å². The van der Waals surface area contributed by atoms with Crippen LogP contribution in [-0.2, 0) is 11.3 Å². The quantitative estimate of drug-likeness (QED) is 0.616. The van der Waals surface area contributed by atoms with Gasteiger partial charge in [-0.25, -0.2) is 4.79 Å². The fraction of sp³-hybridized carbons (Fsp3) is 0.167. The molecule has 0 saturated carbocycles. The standard InChI is InChI=1S/C18H13F3N2O4/c1-11-4-2-3-5-14(11)16-22-15(27-23-16)10-25-17(24)12-6-8-13(9-7-12)26-18(19,20)21/h2-9H,10H2,1H3. The summed E-state index contributed by atoms with van der Waals surface area (Å²) < 4.78 is 50.2. The predicted octanol–water partition coefficient (Wildman–Crippen LogP) is 4.30. The third kappa shape index (κ3) is 4.84. The van der Waals surface area contributed by atoms with Crippen LogP contribution >= 0.6 is 0 Å². The molecule has 0 aliphatic rings. The molecule has 9 heteroatoms. The first-order valence-corrected chi connectivity index (χ1v) is 7.73. The smallest absolute Gasteiger partial charge is 0.452 e. The average molecular weight is 378 g/mol. The summed E-state index contributed by atoms with van der Waals surface area (Å²) >= 11 is 0. The van der Waals surface area contributed by atoms with Crippen molar-refractivity contribution in [2.45, 2.75) is 19.9 Å². The summed E-state index contributed by atoms with van der Waals surface area (Å²) in [5, 5.41) is 3.84. The molecule has 1 aromatic heterocycles. The van der Waals surface area contributed by atoms with E-state index in [2.05, 4.69) is 14.9 Å². The number of alkyl halides is 3. The first-order chi connectivity index (χ1) is 12.8. The SMILES string of the molecule is Cc1ccccc1-c1noc(COC(=O)c2ccc(OC(F)(F)F)cc2)n1. The molecule has 2 aromatic carbocycles. The minimum atomic E-state index is -4.80. The van der Waals surface area contributed by atoms with Gasteiger partial charge in [0.1, 0.15) is 5.75 Å². The zero-order chi connectivity index (χ0) is 19.4. The van der Waals surface area contributed by atoms with Crippen molar-refractivity contribution in [3.8, 4) is 17.1 Å². The van der Waals surface area contributed by atoms with Crippen LogP contribution in [0, 0.1) is 6.92 Å². The number of aromatic nitrogens is 2. The fourth-order valence-electron chi connectivity index (χ4n) is 2.25. The average Bonchev–Trinajstić information content (AvgIpc) is 3.08. The largest absolute Gasteiger partial charge is 0.573 e. The lowest BCUT2D eigenvalue weighted by Gasteiger charge is -2.08. The summed E-state index contributed by atoms with van der Waals surface area (Å²) in [6.45, 7) is 1.63. The van der Waals surface area contributed by atoms with E-state index in [-0.39, 0.29) is 18.1 Å². The van der Waals surface area contributed by atoms with Crippen molar-refractivity contribution in [2.75, 3.05) is 0 Å². The molecule has 0 bridgehead atoms. The Bertz CT molecular complexity index is 936. The Morgan fingerprint density at radius 3 is 2.48 bits per heavy atom. The normalized spacial score (nSPS) is 11.3. The van der Waals surface area contributed by atoms with Crippen LogP contribution in [0.25, 0.3) is 11.4 Å². The molecule has 0 fully saturated rings. The number of hydrogen-bond donors (Lipinski definition) is 0. The van der Waals surface area contributed by atoms with Gasteiger partial charge in [0.15, 0.2) is 6.61 Å². The summed E-state index contributed by atoms with van der Waals surface area (Å²) in [5.74, 6) is -0.713. The molecule has 0 saturated heterocycles. The van der Waals surface area contributed by atoms with E-state index in [0.717, 1.165) is 35.4 Å². The molecule has 0 N–H and O–H groups in total. The minimum Gasteiger partial charge on any atom is -0.452 e. The van der Waals surface area contributed by atoms with E-state index in [0.29, 0.717) is 5.82 Å². The summed E-state index contributed by atoms with van der Waals surface area (Å²) in [6, 6.07) is 11.8. The van der Waals surface area contributed by atoms with Gasteiger partial charge in [0.05, 0.1) is 5.56 Å². The highest BCUT2D eigenvalue weighted by molar-refractivity contribution is 5.89. The van der Waals surface area contributed by atoms with Gasteiger partial charge in [-0.3, -0.25) is 0 Å². The van der Waals surface area contributed by atoms with E-state index in [1.54, 1.807) is 0 Å². The maximum atomic E-state index is 12.1. The monoisotopic (exact) mass is 378 g/mol. The van der Waals surface area contributed by atoms with E-state index in [4.69, 9.17) is 9.26 Å². The molecule has 3 aromatic rings. The van der Waals surface area contributed by atoms with Gasteiger partial charge in [0.2, 0.25) is 5.82 Å². The highest BCUT2D eigenvalue weighted by Gasteiger charge is 2.31. The van der Waals surface area contributed by atoms with E-state index in [1.165, 1.54) is 0 Å². The first-order valence-electron chi connectivity index (χ1n) is 7.73. The molecule has 3 rings (SSSR count). The van der Waals surface area contributed by atoms with Gasteiger partial charge in [-0.1, -0.05) is 29.4 Å². The molecule has 27 heavy (non-hydrogen) atoms. The fourth-order valence-corrected chi connectivity index (χ4v) is 2.25. The van der Waals surface area contributed by atoms with Gasteiger partial charge in [-0.05, 0) is 36.8 Å². The van der Waals surface area contributed by atoms with Crippen LogP contribution in [0.2, 0.25) is 0 Å². The lowest BCUT2D eigenvalue weighted by molar-refractivity contribution is -0.274. The van der Waals surface area contributed by atoms with Crippen LogP contribution in [0.15, 0.2) is 53.1 Å². The predicted molar refractivity (Wildman–Crippen MR) is 86.7 cm³/mol. The number of carbonyl (C=O) groups excluding carboxylic acids is 1. The molecule has 0 amide bonds. The Morgan fingerprint density at radius 1 is 1.11 bits per heavy atom. The highest BCUT2D eigenvalue weighted by Crippen LogP contribution is 2.23. The number of rotatable bonds is 5. The molecule has 0 aliphatic carbocycles. The second-order valence-corrected chi connectivity index (χ2v) is 5.47. The Balaban J connectivity index is 1.60. The van der Waals surface area contributed by atoms with Crippen LogP contribution in [0.4, 0.5) is 13.2 Å². The molecule has 1 heterocycles. The van der Waals surface area contributed by atoms with Crippen LogP contribution in [0.5, 0.6) is 5.75 Å². The Kier molecular flexibility index (Phi) is 5.11. The van der Waals surface area contributed by atoms with E-state index >= 15 is 0 Å². The van der Waals surface area contributed by atoms with Crippen LogP contribution in [0.3, 0.4) is 0 Å². The summed E-state index contributed by atoms with van der Waals surface area (Å²) in [4.78, 5) is 16.1.